The molecule has 6 nitrogen and oxygen atoms in total. The molecule has 0 bridgehead atoms. The van der Waals surface area contributed by atoms with Gasteiger partial charge in [0.05, 0.1) is 23.5 Å². The smallest absolute Gasteiger partial charge is 0.416 e. The van der Waals surface area contributed by atoms with E-state index in [1.165, 1.54) is 12.1 Å². The van der Waals surface area contributed by atoms with Crippen molar-refractivity contribution in [2.45, 2.75) is 69.3 Å². The highest BCUT2D eigenvalue weighted by molar-refractivity contribution is 6.00. The van der Waals surface area contributed by atoms with Gasteiger partial charge in [-0.1, -0.05) is 91.0 Å². The quantitative estimate of drug-likeness (QED) is 0.188. The first kappa shape index (κ1) is 39.1. The van der Waals surface area contributed by atoms with Gasteiger partial charge in [-0.05, 0) is 79.5 Å². The number of alkyl halides is 6. The maximum absolute atomic E-state index is 13.0. The maximum Gasteiger partial charge on any atom is 0.416 e. The standard InChI is InChI=1S/C24H26F3NO3.C17H14F3NO/c1-2-31-23(30)17-10-14-19(15-11-17)28-22(29)21-7-5-3-4-6-20(21)16-8-12-18(13-9-16)24(25,26)27;1-16(15(22)21-10-17(18,19)20)13-8-4-2-6-11(13)12-7-3-5-9-14(12)16/h3-9,12-13,17,19-20H,2,10-11,14-15H2,1H3,(H,28,29);2-9H,10H2,1H3,(H,21,22). The van der Waals surface area contributed by atoms with Crippen molar-refractivity contribution in [3.8, 4) is 11.1 Å². The molecule has 280 valence electrons. The Hall–Kier alpha value is -5.13. The van der Waals surface area contributed by atoms with Crippen LogP contribution in [0.4, 0.5) is 26.3 Å². The number of esters is 1. The van der Waals surface area contributed by atoms with Gasteiger partial charge < -0.3 is 15.4 Å². The Morgan fingerprint density at radius 1 is 0.792 bits per heavy atom. The van der Waals surface area contributed by atoms with Crippen LogP contribution < -0.4 is 10.6 Å². The van der Waals surface area contributed by atoms with Gasteiger partial charge in [-0.15, -0.1) is 0 Å². The lowest BCUT2D eigenvalue weighted by Gasteiger charge is -2.29. The highest BCUT2D eigenvalue weighted by Crippen LogP contribution is 2.48. The lowest BCUT2D eigenvalue weighted by molar-refractivity contribution is -0.149. The van der Waals surface area contributed by atoms with E-state index in [0.29, 0.717) is 43.4 Å². The summed E-state index contributed by atoms with van der Waals surface area (Å²) in [7, 11) is 0. The normalized spacial score (nSPS) is 20.1. The van der Waals surface area contributed by atoms with Crippen LogP contribution in [-0.4, -0.2) is 43.2 Å². The van der Waals surface area contributed by atoms with Crippen LogP contribution in [0.1, 0.15) is 67.7 Å². The summed E-state index contributed by atoms with van der Waals surface area (Å²) in [6, 6.07) is 19.5. The summed E-state index contributed by atoms with van der Waals surface area (Å²) in [6.07, 6.45) is 2.64. The Labute approximate surface area is 304 Å². The number of amides is 2. The highest BCUT2D eigenvalue weighted by atomic mass is 19.4. The molecule has 1 saturated carbocycles. The minimum absolute atomic E-state index is 0.0523. The Morgan fingerprint density at radius 3 is 1.92 bits per heavy atom. The topological polar surface area (TPSA) is 84.5 Å². The number of hydrogen-bond acceptors (Lipinski definition) is 4. The van der Waals surface area contributed by atoms with Crippen molar-refractivity contribution in [1.29, 1.82) is 0 Å². The molecule has 0 saturated heterocycles. The third-order valence-electron chi connectivity index (χ3n) is 9.80. The number of hydrogen-bond donors (Lipinski definition) is 2. The van der Waals surface area contributed by atoms with Crippen LogP contribution in [0.25, 0.3) is 11.1 Å². The van der Waals surface area contributed by atoms with Gasteiger partial charge in [0.15, 0.2) is 0 Å². The predicted octanol–water partition coefficient (Wildman–Crippen LogP) is 8.73. The molecular weight excluding hydrogens is 698 g/mol. The molecule has 3 aromatic carbocycles. The van der Waals surface area contributed by atoms with E-state index in [-0.39, 0.29) is 23.8 Å². The second-order valence-corrected chi connectivity index (χ2v) is 13.3. The molecule has 3 aliphatic carbocycles. The average molecular weight is 739 g/mol. The monoisotopic (exact) mass is 738 g/mol. The number of halogens is 6. The molecule has 0 aliphatic heterocycles. The highest BCUT2D eigenvalue weighted by Gasteiger charge is 2.46. The van der Waals surface area contributed by atoms with Crippen LogP contribution >= 0.6 is 0 Å². The summed E-state index contributed by atoms with van der Waals surface area (Å²) in [5.74, 6) is -1.65. The Morgan fingerprint density at radius 2 is 1.38 bits per heavy atom. The fourth-order valence-electron chi connectivity index (χ4n) is 7.05. The molecule has 0 heterocycles. The first-order valence-electron chi connectivity index (χ1n) is 17.4. The molecule has 2 amide bonds. The molecule has 3 aliphatic rings. The minimum Gasteiger partial charge on any atom is -0.466 e. The van der Waals surface area contributed by atoms with Gasteiger partial charge in [0.25, 0.3) is 0 Å². The van der Waals surface area contributed by atoms with Crippen molar-refractivity contribution < 1.29 is 45.5 Å². The molecule has 0 radical (unpaired) electrons. The van der Waals surface area contributed by atoms with E-state index >= 15 is 0 Å². The van der Waals surface area contributed by atoms with Crippen LogP contribution in [0.3, 0.4) is 0 Å². The van der Waals surface area contributed by atoms with Crippen LogP contribution in [0.15, 0.2) is 109 Å². The van der Waals surface area contributed by atoms with E-state index in [4.69, 9.17) is 4.74 Å². The van der Waals surface area contributed by atoms with Crippen LogP contribution in [0, 0.1) is 5.92 Å². The lowest BCUT2D eigenvalue weighted by Crippen LogP contribution is -2.45. The molecule has 2 N–H and O–H groups in total. The predicted molar refractivity (Wildman–Crippen MR) is 188 cm³/mol. The number of rotatable bonds is 7. The second-order valence-electron chi connectivity index (χ2n) is 13.3. The van der Waals surface area contributed by atoms with E-state index in [9.17, 15) is 40.7 Å². The van der Waals surface area contributed by atoms with E-state index < -0.39 is 41.7 Å². The molecule has 3 aromatic rings. The molecule has 0 aromatic heterocycles. The fraction of sp³-hybridized carbons (Fsp3) is 0.341. The molecule has 0 spiro atoms. The zero-order valence-electron chi connectivity index (χ0n) is 29.2. The number of allylic oxidation sites excluding steroid dienone is 5. The summed E-state index contributed by atoms with van der Waals surface area (Å²) in [5, 5.41) is 5.06. The van der Waals surface area contributed by atoms with Crippen molar-refractivity contribution in [3.05, 3.63) is 131 Å². The van der Waals surface area contributed by atoms with E-state index in [1.54, 1.807) is 68.5 Å². The van der Waals surface area contributed by atoms with Crippen molar-refractivity contribution in [2.75, 3.05) is 13.2 Å². The van der Waals surface area contributed by atoms with Crippen molar-refractivity contribution in [3.63, 3.8) is 0 Å². The number of ether oxygens (including phenoxy) is 1. The molecule has 1 unspecified atom stereocenters. The van der Waals surface area contributed by atoms with Gasteiger partial charge in [-0.3, -0.25) is 14.4 Å². The Bertz CT molecular complexity index is 1840. The number of benzene rings is 3. The zero-order chi connectivity index (χ0) is 38.4. The van der Waals surface area contributed by atoms with Gasteiger partial charge in [-0.2, -0.15) is 26.3 Å². The zero-order valence-corrected chi connectivity index (χ0v) is 29.2. The summed E-state index contributed by atoms with van der Waals surface area (Å²) in [4.78, 5) is 37.5. The van der Waals surface area contributed by atoms with E-state index in [0.717, 1.165) is 34.4 Å². The summed E-state index contributed by atoms with van der Waals surface area (Å²) >= 11 is 0. The third kappa shape index (κ3) is 9.09. The third-order valence-corrected chi connectivity index (χ3v) is 9.80. The largest absolute Gasteiger partial charge is 0.466 e. The first-order chi connectivity index (χ1) is 25.1. The van der Waals surface area contributed by atoms with Gasteiger partial charge in [0, 0.05) is 17.5 Å². The Balaban J connectivity index is 0.000000216. The minimum atomic E-state index is -4.43. The van der Waals surface area contributed by atoms with Gasteiger partial charge >= 0.3 is 18.3 Å². The molecule has 1 atom stereocenters. The summed E-state index contributed by atoms with van der Waals surface area (Å²) in [5.41, 5.74) is 2.49. The van der Waals surface area contributed by atoms with Gasteiger partial charge in [0.1, 0.15) is 6.54 Å². The molecular formula is C41H40F6N2O4. The van der Waals surface area contributed by atoms with Gasteiger partial charge in [0.2, 0.25) is 11.8 Å². The van der Waals surface area contributed by atoms with Crippen molar-refractivity contribution in [1.82, 2.24) is 10.6 Å². The maximum atomic E-state index is 13.0. The molecule has 12 heteroatoms. The second kappa shape index (κ2) is 16.3. The van der Waals surface area contributed by atoms with Crippen LogP contribution in [-0.2, 0) is 30.7 Å². The van der Waals surface area contributed by atoms with Crippen LogP contribution in [0.5, 0.6) is 0 Å². The summed E-state index contributed by atoms with van der Waals surface area (Å²) in [6.45, 7) is 2.48. The van der Waals surface area contributed by atoms with E-state index in [2.05, 4.69) is 5.32 Å². The molecule has 1 fully saturated rings. The SMILES string of the molecule is CC1(C(=O)NCC(F)(F)F)c2ccccc2-c2ccccc21.CCOC(=O)C1CCC(NC(=O)C2=CC=CC=CC2c2ccc(C(F)(F)F)cc2)CC1. The van der Waals surface area contributed by atoms with Gasteiger partial charge in [-0.25, -0.2) is 0 Å². The molecule has 53 heavy (non-hydrogen) atoms. The van der Waals surface area contributed by atoms with Crippen molar-refractivity contribution >= 4 is 17.8 Å². The number of fused-ring (bicyclic) bond motifs is 3. The fourth-order valence-corrected chi connectivity index (χ4v) is 7.05. The van der Waals surface area contributed by atoms with Crippen LogP contribution in [0.2, 0.25) is 0 Å². The lowest BCUT2D eigenvalue weighted by atomic mass is 9.79. The number of nitrogens with one attached hydrogen (secondary N) is 2. The van der Waals surface area contributed by atoms with E-state index in [1.807, 2.05) is 29.6 Å². The Kier molecular flexibility index (Phi) is 12.0. The average Bonchev–Trinajstić information content (AvgIpc) is 3.25. The number of carbonyl (C=O) groups is 3. The first-order valence-corrected chi connectivity index (χ1v) is 17.4. The van der Waals surface area contributed by atoms with Crippen molar-refractivity contribution in [2.24, 2.45) is 5.92 Å². The molecule has 6 rings (SSSR count). The number of carbonyl (C=O) groups excluding carboxylic acids is 3. The summed E-state index contributed by atoms with van der Waals surface area (Å²) < 4.78 is 80.9.